The third kappa shape index (κ3) is 1.69. The average molecular weight is 163 g/mol. The minimum atomic E-state index is -1.12. The molecular formula is C6H13NO4. The third-order valence-electron chi connectivity index (χ3n) is 1.79. The molecule has 0 spiro atoms. The van der Waals surface area contributed by atoms with Gasteiger partial charge in [-0.3, -0.25) is 5.32 Å². The zero-order valence-corrected chi connectivity index (χ0v) is 6.27. The van der Waals surface area contributed by atoms with Crippen molar-refractivity contribution in [2.75, 3.05) is 13.7 Å². The summed E-state index contributed by atoms with van der Waals surface area (Å²) >= 11 is 0. The van der Waals surface area contributed by atoms with Crippen molar-refractivity contribution in [2.45, 2.75) is 24.5 Å². The van der Waals surface area contributed by atoms with Crippen molar-refractivity contribution >= 4 is 0 Å². The Labute approximate surface area is 64.6 Å². The van der Waals surface area contributed by atoms with Gasteiger partial charge in [-0.05, 0) is 7.05 Å². The SMILES string of the molecule is CN[C@@H]1OC[C@@H](O)[C@H](O)[C@H]1O. The highest BCUT2D eigenvalue weighted by Crippen LogP contribution is 2.12. The van der Waals surface area contributed by atoms with Gasteiger partial charge in [-0.1, -0.05) is 0 Å². The van der Waals surface area contributed by atoms with E-state index in [2.05, 4.69) is 5.32 Å². The van der Waals surface area contributed by atoms with Crippen LogP contribution in [0.5, 0.6) is 0 Å². The molecule has 1 fully saturated rings. The second kappa shape index (κ2) is 3.46. The highest BCUT2D eigenvalue weighted by Gasteiger charge is 2.36. The second-order valence-electron chi connectivity index (χ2n) is 2.59. The van der Waals surface area contributed by atoms with Crippen molar-refractivity contribution in [3.8, 4) is 0 Å². The van der Waals surface area contributed by atoms with Gasteiger partial charge in [0.1, 0.15) is 24.5 Å². The molecule has 0 saturated carbocycles. The second-order valence-corrected chi connectivity index (χ2v) is 2.59. The first-order valence-corrected chi connectivity index (χ1v) is 3.50. The van der Waals surface area contributed by atoms with E-state index in [1.165, 1.54) is 0 Å². The Bertz CT molecular complexity index is 130. The summed E-state index contributed by atoms with van der Waals surface area (Å²) in [5, 5.41) is 30.0. The summed E-state index contributed by atoms with van der Waals surface area (Å²) < 4.78 is 4.95. The van der Waals surface area contributed by atoms with E-state index in [9.17, 15) is 5.11 Å². The maximum atomic E-state index is 9.21. The monoisotopic (exact) mass is 163 g/mol. The Morgan fingerprint density at radius 1 is 1.27 bits per heavy atom. The van der Waals surface area contributed by atoms with E-state index >= 15 is 0 Å². The van der Waals surface area contributed by atoms with Crippen molar-refractivity contribution in [3.63, 3.8) is 0 Å². The summed E-state index contributed by atoms with van der Waals surface area (Å²) in [4.78, 5) is 0. The Morgan fingerprint density at radius 3 is 2.45 bits per heavy atom. The number of aliphatic hydroxyl groups is 3. The number of ether oxygens (including phenoxy) is 1. The van der Waals surface area contributed by atoms with Gasteiger partial charge < -0.3 is 20.1 Å². The molecule has 5 heteroatoms. The van der Waals surface area contributed by atoms with E-state index < -0.39 is 24.5 Å². The minimum Gasteiger partial charge on any atom is -0.388 e. The first-order chi connectivity index (χ1) is 5.16. The van der Waals surface area contributed by atoms with Crippen LogP contribution in [0, 0.1) is 0 Å². The van der Waals surface area contributed by atoms with E-state index in [1.807, 2.05) is 0 Å². The van der Waals surface area contributed by atoms with Crippen LogP contribution in [-0.2, 0) is 4.74 Å². The fourth-order valence-electron chi connectivity index (χ4n) is 1.06. The molecule has 0 bridgehead atoms. The van der Waals surface area contributed by atoms with Crippen molar-refractivity contribution in [1.29, 1.82) is 0 Å². The molecular weight excluding hydrogens is 150 g/mol. The predicted octanol–water partition coefficient (Wildman–Crippen LogP) is -2.36. The molecule has 1 aliphatic heterocycles. The number of hydrogen-bond donors (Lipinski definition) is 4. The van der Waals surface area contributed by atoms with E-state index in [0.717, 1.165) is 0 Å². The summed E-state index contributed by atoms with van der Waals surface area (Å²) in [5.41, 5.74) is 0. The number of nitrogens with one attached hydrogen (secondary N) is 1. The maximum Gasteiger partial charge on any atom is 0.136 e. The first-order valence-electron chi connectivity index (χ1n) is 3.50. The van der Waals surface area contributed by atoms with Gasteiger partial charge in [-0.2, -0.15) is 0 Å². The molecule has 5 nitrogen and oxygen atoms in total. The Hall–Kier alpha value is -0.200. The summed E-state index contributed by atoms with van der Waals surface area (Å²) in [6.45, 7) is 0.0454. The summed E-state index contributed by atoms with van der Waals surface area (Å²) in [7, 11) is 1.61. The lowest BCUT2D eigenvalue weighted by Crippen LogP contribution is -2.57. The molecule has 66 valence electrons. The smallest absolute Gasteiger partial charge is 0.136 e. The van der Waals surface area contributed by atoms with Crippen LogP contribution in [0.4, 0.5) is 0 Å². The fraction of sp³-hybridized carbons (Fsp3) is 1.00. The van der Waals surface area contributed by atoms with Crippen LogP contribution < -0.4 is 5.32 Å². The quantitative estimate of drug-likeness (QED) is 0.348. The molecule has 0 aromatic heterocycles. The Kier molecular flexibility index (Phi) is 2.80. The van der Waals surface area contributed by atoms with Crippen LogP contribution in [0.25, 0.3) is 0 Å². The van der Waals surface area contributed by atoms with Crippen LogP contribution in [0.1, 0.15) is 0 Å². The van der Waals surface area contributed by atoms with Crippen molar-refractivity contribution in [2.24, 2.45) is 0 Å². The van der Waals surface area contributed by atoms with Crippen molar-refractivity contribution < 1.29 is 20.1 Å². The maximum absolute atomic E-state index is 9.21. The number of likely N-dealkylation sites (N-methyl/N-ethyl adjacent to an activating group) is 1. The first kappa shape index (κ1) is 8.89. The van der Waals surface area contributed by atoms with E-state index in [1.54, 1.807) is 7.05 Å². The highest BCUT2D eigenvalue weighted by atomic mass is 16.5. The van der Waals surface area contributed by atoms with Gasteiger partial charge in [0.05, 0.1) is 6.61 Å². The summed E-state index contributed by atoms with van der Waals surface area (Å²) in [6.07, 6.45) is -3.77. The lowest BCUT2D eigenvalue weighted by atomic mass is 10.0. The molecule has 0 aliphatic carbocycles. The van der Waals surface area contributed by atoms with Crippen LogP contribution in [0.15, 0.2) is 0 Å². The Balaban J connectivity index is 2.52. The molecule has 4 atom stereocenters. The van der Waals surface area contributed by atoms with Crippen LogP contribution in [-0.4, -0.2) is 53.5 Å². The van der Waals surface area contributed by atoms with E-state index in [0.29, 0.717) is 0 Å². The zero-order valence-electron chi connectivity index (χ0n) is 6.27. The van der Waals surface area contributed by atoms with Gasteiger partial charge in [0, 0.05) is 0 Å². The fourth-order valence-corrected chi connectivity index (χ4v) is 1.06. The van der Waals surface area contributed by atoms with Crippen molar-refractivity contribution in [1.82, 2.24) is 5.32 Å². The lowest BCUT2D eigenvalue weighted by Gasteiger charge is -2.34. The molecule has 0 aromatic carbocycles. The van der Waals surface area contributed by atoms with Gasteiger partial charge in [-0.15, -0.1) is 0 Å². The van der Waals surface area contributed by atoms with Gasteiger partial charge in [0.25, 0.3) is 0 Å². The molecule has 0 amide bonds. The minimum absolute atomic E-state index is 0.0454. The van der Waals surface area contributed by atoms with Gasteiger partial charge in [0.2, 0.25) is 0 Å². The van der Waals surface area contributed by atoms with E-state index in [-0.39, 0.29) is 6.61 Å². The topological polar surface area (TPSA) is 82.0 Å². The predicted molar refractivity (Wildman–Crippen MR) is 36.8 cm³/mol. The summed E-state index contributed by atoms with van der Waals surface area (Å²) in [6, 6.07) is 0. The van der Waals surface area contributed by atoms with Crippen molar-refractivity contribution in [3.05, 3.63) is 0 Å². The van der Waals surface area contributed by atoms with Gasteiger partial charge in [0.15, 0.2) is 0 Å². The standard InChI is InChI=1S/C6H13NO4/c1-7-6-5(10)4(9)3(8)2-11-6/h3-10H,2H2,1H3/t3-,4+,5-,6-/m1/s1. The molecule has 11 heavy (non-hydrogen) atoms. The average Bonchev–Trinajstić information content (AvgIpc) is 2.01. The highest BCUT2D eigenvalue weighted by molar-refractivity contribution is 4.84. The normalized spacial score (nSPS) is 45.8. The van der Waals surface area contributed by atoms with E-state index in [4.69, 9.17) is 14.9 Å². The van der Waals surface area contributed by atoms with Crippen LogP contribution in [0.3, 0.4) is 0 Å². The third-order valence-corrected chi connectivity index (χ3v) is 1.79. The van der Waals surface area contributed by atoms with Crippen LogP contribution in [0.2, 0.25) is 0 Å². The Morgan fingerprint density at radius 2 is 1.91 bits per heavy atom. The molecule has 1 heterocycles. The van der Waals surface area contributed by atoms with Gasteiger partial charge in [-0.25, -0.2) is 0 Å². The molecule has 0 aromatic rings. The molecule has 0 radical (unpaired) electrons. The zero-order chi connectivity index (χ0) is 8.43. The number of aliphatic hydroxyl groups excluding tert-OH is 3. The molecule has 1 saturated heterocycles. The summed E-state index contributed by atoms with van der Waals surface area (Å²) in [5.74, 6) is 0. The van der Waals surface area contributed by atoms with Gasteiger partial charge >= 0.3 is 0 Å². The lowest BCUT2D eigenvalue weighted by molar-refractivity contribution is -0.193. The molecule has 1 rings (SSSR count). The molecule has 1 aliphatic rings. The molecule has 4 N–H and O–H groups in total. The number of rotatable bonds is 1. The molecule has 0 unspecified atom stereocenters. The number of hydrogen-bond acceptors (Lipinski definition) is 5. The van der Waals surface area contributed by atoms with Crippen LogP contribution >= 0.6 is 0 Å². The largest absolute Gasteiger partial charge is 0.388 e.